The maximum absolute atomic E-state index is 14.1. The summed E-state index contributed by atoms with van der Waals surface area (Å²) < 4.78 is 2.03. The maximum Gasteiger partial charge on any atom is 0.248 e. The van der Waals surface area contributed by atoms with Crippen molar-refractivity contribution in [2.75, 3.05) is 6.54 Å². The number of halogens is 1. The van der Waals surface area contributed by atoms with Gasteiger partial charge < -0.3 is 11.1 Å². The Balaban J connectivity index is 1.57. The summed E-state index contributed by atoms with van der Waals surface area (Å²) >= 11 is 6.52. The number of hydrogen-bond acceptors (Lipinski definition) is 3. The number of aryl methyl sites for hydroxylation is 1. The first-order valence-corrected chi connectivity index (χ1v) is 15.5. The van der Waals surface area contributed by atoms with Gasteiger partial charge in [-0.2, -0.15) is 5.10 Å². The lowest BCUT2D eigenvalue weighted by Gasteiger charge is -2.17. The van der Waals surface area contributed by atoms with Crippen LogP contribution in [0.1, 0.15) is 79.3 Å². The number of rotatable bonds is 13. The highest BCUT2D eigenvalue weighted by molar-refractivity contribution is 6.30. The lowest BCUT2D eigenvalue weighted by Crippen LogP contribution is -2.28. The van der Waals surface area contributed by atoms with E-state index in [0.29, 0.717) is 24.5 Å². The molecule has 6 nitrogen and oxygen atoms in total. The molecule has 1 aromatic heterocycles. The Morgan fingerprint density at radius 1 is 0.953 bits per heavy atom. The third-order valence-electron chi connectivity index (χ3n) is 8.18. The monoisotopic (exact) mass is 594 g/mol. The molecule has 1 unspecified atom stereocenters. The van der Waals surface area contributed by atoms with E-state index < -0.39 is 0 Å². The van der Waals surface area contributed by atoms with E-state index in [1.807, 2.05) is 47.3 Å². The first-order chi connectivity index (χ1) is 20.9. The summed E-state index contributed by atoms with van der Waals surface area (Å²) in [6.45, 7) is 5.34. The Labute approximate surface area is 259 Å². The van der Waals surface area contributed by atoms with Gasteiger partial charge in [-0.15, -0.1) is 0 Å². The third-order valence-corrected chi connectivity index (χ3v) is 8.41. The van der Waals surface area contributed by atoms with Crippen LogP contribution < -0.4 is 11.1 Å². The van der Waals surface area contributed by atoms with Gasteiger partial charge in [0.15, 0.2) is 0 Å². The Morgan fingerprint density at radius 2 is 1.70 bits per heavy atom. The molecule has 0 saturated heterocycles. The van der Waals surface area contributed by atoms with Gasteiger partial charge in [0.1, 0.15) is 0 Å². The van der Waals surface area contributed by atoms with E-state index >= 15 is 0 Å². The molecule has 43 heavy (non-hydrogen) atoms. The second-order valence-electron chi connectivity index (χ2n) is 11.3. The Morgan fingerprint density at radius 3 is 2.42 bits per heavy atom. The number of benzene rings is 3. The fourth-order valence-corrected chi connectivity index (χ4v) is 6.20. The van der Waals surface area contributed by atoms with Crippen molar-refractivity contribution in [2.45, 2.75) is 64.8 Å². The number of amides is 2. The molecular formula is C36H39ClN4O2. The molecule has 3 N–H and O–H groups in total. The number of carbonyl (C=O) groups is 2. The maximum atomic E-state index is 14.1. The zero-order valence-electron chi connectivity index (χ0n) is 24.9. The molecule has 0 spiro atoms. The predicted molar refractivity (Wildman–Crippen MR) is 174 cm³/mol. The van der Waals surface area contributed by atoms with Gasteiger partial charge in [-0.3, -0.25) is 14.3 Å². The average Bonchev–Trinajstić information content (AvgIpc) is 3.55. The average molecular weight is 595 g/mol. The van der Waals surface area contributed by atoms with E-state index in [-0.39, 0.29) is 17.7 Å². The van der Waals surface area contributed by atoms with E-state index in [1.165, 1.54) is 5.56 Å². The second-order valence-corrected chi connectivity index (χ2v) is 11.7. The van der Waals surface area contributed by atoms with Crippen LogP contribution in [0, 0.1) is 6.92 Å². The van der Waals surface area contributed by atoms with Crippen molar-refractivity contribution in [2.24, 2.45) is 5.73 Å². The van der Waals surface area contributed by atoms with Crippen LogP contribution in [0.4, 0.5) is 0 Å². The zero-order valence-corrected chi connectivity index (χ0v) is 25.7. The first-order valence-electron chi connectivity index (χ1n) is 15.1. The number of aromatic nitrogens is 2. The second kappa shape index (κ2) is 13.9. The lowest BCUT2D eigenvalue weighted by atomic mass is 9.92. The van der Waals surface area contributed by atoms with Crippen LogP contribution in [0.25, 0.3) is 16.7 Å². The minimum absolute atomic E-state index is 0.0617. The fraction of sp³-hybridized carbons (Fsp3) is 0.306. The fourth-order valence-electron chi connectivity index (χ4n) is 6.01. The Hall–Kier alpha value is -4.16. The number of nitrogens with one attached hydrogen (secondary N) is 1. The number of unbranched alkanes of at least 4 members (excludes halogenated alkanes) is 3. The molecule has 1 aliphatic rings. The van der Waals surface area contributed by atoms with Crippen molar-refractivity contribution in [3.05, 3.63) is 118 Å². The van der Waals surface area contributed by atoms with Gasteiger partial charge >= 0.3 is 0 Å². The van der Waals surface area contributed by atoms with Gasteiger partial charge in [0.2, 0.25) is 11.8 Å². The van der Waals surface area contributed by atoms with Crippen LogP contribution >= 0.6 is 11.6 Å². The highest BCUT2D eigenvalue weighted by atomic mass is 35.5. The van der Waals surface area contributed by atoms with Crippen LogP contribution in [0.15, 0.2) is 84.6 Å². The molecule has 4 aromatic rings. The molecule has 3 aromatic carbocycles. The molecule has 7 heteroatoms. The topological polar surface area (TPSA) is 90.0 Å². The van der Waals surface area contributed by atoms with Gasteiger partial charge in [0.05, 0.1) is 18.4 Å². The highest BCUT2D eigenvalue weighted by Crippen LogP contribution is 2.49. The molecule has 5 rings (SSSR count). The van der Waals surface area contributed by atoms with Crippen molar-refractivity contribution < 1.29 is 9.59 Å². The van der Waals surface area contributed by atoms with Crippen molar-refractivity contribution in [1.29, 1.82) is 0 Å². The third kappa shape index (κ3) is 6.91. The molecule has 2 amide bonds. The summed E-state index contributed by atoms with van der Waals surface area (Å²) in [5.41, 5.74) is 14.3. The van der Waals surface area contributed by atoms with Gasteiger partial charge in [0.25, 0.3) is 0 Å². The predicted octanol–water partition coefficient (Wildman–Crippen LogP) is 7.42. The SMILES string of the molecule is CCC1C(C(=O)NCCCCCCC(N)=O)=C(c2c(-c3ccccc3)cnn2Cc2ccc(C)cc2)c2ccc(Cl)cc21. The number of carbonyl (C=O) groups excluding carboxylic acids is 2. The van der Waals surface area contributed by atoms with Gasteiger partial charge in [-0.25, -0.2) is 0 Å². The van der Waals surface area contributed by atoms with E-state index in [2.05, 4.69) is 55.6 Å². The van der Waals surface area contributed by atoms with Gasteiger partial charge in [-0.05, 0) is 60.6 Å². The van der Waals surface area contributed by atoms with Crippen LogP contribution in [0.5, 0.6) is 0 Å². The number of nitrogens with zero attached hydrogens (tertiary/aromatic N) is 2. The quantitative estimate of drug-likeness (QED) is 0.158. The molecule has 1 heterocycles. The molecule has 0 bridgehead atoms. The highest BCUT2D eigenvalue weighted by Gasteiger charge is 2.37. The number of nitrogens with two attached hydrogens (primary N) is 1. The summed E-state index contributed by atoms with van der Waals surface area (Å²) in [6.07, 6.45) is 6.54. The van der Waals surface area contributed by atoms with E-state index in [1.54, 1.807) is 0 Å². The van der Waals surface area contributed by atoms with Crippen LogP contribution in [0.3, 0.4) is 0 Å². The zero-order chi connectivity index (χ0) is 30.3. The summed E-state index contributed by atoms with van der Waals surface area (Å²) in [4.78, 5) is 25.1. The minimum Gasteiger partial charge on any atom is -0.370 e. The summed E-state index contributed by atoms with van der Waals surface area (Å²) in [5, 5.41) is 8.77. The first kappa shape index (κ1) is 30.3. The van der Waals surface area contributed by atoms with Gasteiger partial charge in [-0.1, -0.05) is 97.6 Å². The smallest absolute Gasteiger partial charge is 0.248 e. The normalized spacial score (nSPS) is 14.2. The summed E-state index contributed by atoms with van der Waals surface area (Å²) in [5.74, 6) is -0.421. The van der Waals surface area contributed by atoms with Gasteiger partial charge in [0, 0.05) is 40.6 Å². The molecule has 1 aliphatic carbocycles. The van der Waals surface area contributed by atoms with Crippen LogP contribution in [0.2, 0.25) is 5.02 Å². The molecule has 222 valence electrons. The number of fused-ring (bicyclic) bond motifs is 1. The van der Waals surface area contributed by atoms with Crippen LogP contribution in [-0.4, -0.2) is 28.1 Å². The number of primary amides is 1. The van der Waals surface area contributed by atoms with Crippen molar-refractivity contribution >= 4 is 29.0 Å². The summed E-state index contributed by atoms with van der Waals surface area (Å²) in [6, 6.07) is 24.7. The van der Waals surface area contributed by atoms with Crippen molar-refractivity contribution in [3.8, 4) is 11.1 Å². The standard InChI is InChI=1S/C36H39ClN4O2/c1-3-28-30-21-27(37)18-19-29(30)33(34(28)36(43)39-20-10-5-4-9-13-32(38)42)35-31(26-11-7-6-8-12-26)22-40-41(35)23-25-16-14-24(2)15-17-25/h6-8,11-12,14-19,21-22,28H,3-5,9-10,13,20,23H2,1-2H3,(H2,38,42)(H,39,43). The van der Waals surface area contributed by atoms with Crippen molar-refractivity contribution in [3.63, 3.8) is 0 Å². The Bertz CT molecular complexity index is 1620. The molecule has 0 saturated carbocycles. The molecule has 0 radical (unpaired) electrons. The van der Waals surface area contributed by atoms with Crippen molar-refractivity contribution in [1.82, 2.24) is 15.1 Å². The molecular weight excluding hydrogens is 556 g/mol. The van der Waals surface area contributed by atoms with Crippen LogP contribution in [-0.2, 0) is 16.1 Å². The Kier molecular flexibility index (Phi) is 9.78. The largest absolute Gasteiger partial charge is 0.370 e. The van der Waals surface area contributed by atoms with E-state index in [0.717, 1.165) is 76.8 Å². The summed E-state index contributed by atoms with van der Waals surface area (Å²) in [7, 11) is 0. The van der Waals surface area contributed by atoms with E-state index in [4.69, 9.17) is 22.4 Å². The number of hydrogen-bond donors (Lipinski definition) is 2. The minimum atomic E-state index is -0.268. The van der Waals surface area contributed by atoms with E-state index in [9.17, 15) is 9.59 Å². The molecule has 0 fully saturated rings. The molecule has 1 atom stereocenters. The lowest BCUT2D eigenvalue weighted by molar-refractivity contribution is -0.118. The molecule has 0 aliphatic heterocycles.